The molecule has 0 radical (unpaired) electrons. The zero-order valence-corrected chi connectivity index (χ0v) is 30.1. The fourth-order valence-electron chi connectivity index (χ4n) is 8.50. The molecular weight excluding hydrogens is 655 g/mol. The second-order valence-electron chi connectivity index (χ2n) is 14.8. The molecule has 0 atom stereocenters. The summed E-state index contributed by atoms with van der Waals surface area (Å²) >= 11 is 0. The van der Waals surface area contributed by atoms with E-state index in [1.165, 1.54) is 33.0 Å². The van der Waals surface area contributed by atoms with Crippen molar-refractivity contribution >= 4 is 21.8 Å². The van der Waals surface area contributed by atoms with Gasteiger partial charge in [-0.15, -0.1) is 0 Å². The number of hydrogen-bond donors (Lipinski definition) is 0. The molecule has 254 valence electrons. The maximum Gasteiger partial charge on any atom is 0.0991 e. The molecule has 3 heteroatoms. The molecule has 0 unspecified atom stereocenters. The van der Waals surface area contributed by atoms with Crippen LogP contribution in [0, 0.1) is 11.3 Å². The first-order chi connectivity index (χ1) is 26.5. The number of rotatable bonds is 5. The first-order valence-corrected chi connectivity index (χ1v) is 18.4. The molecule has 2 heterocycles. The first-order valence-electron chi connectivity index (χ1n) is 18.4. The van der Waals surface area contributed by atoms with Crippen molar-refractivity contribution in [2.75, 3.05) is 0 Å². The van der Waals surface area contributed by atoms with Gasteiger partial charge in [0.05, 0.1) is 34.1 Å². The Kier molecular flexibility index (Phi) is 7.22. The Bertz CT molecular complexity index is 2900. The summed E-state index contributed by atoms with van der Waals surface area (Å²) in [6.45, 7) is 4.68. The molecular formula is C51H35N3. The van der Waals surface area contributed by atoms with Gasteiger partial charge in [0.1, 0.15) is 0 Å². The van der Waals surface area contributed by atoms with Crippen LogP contribution in [0.25, 0.3) is 83.4 Å². The molecule has 54 heavy (non-hydrogen) atoms. The van der Waals surface area contributed by atoms with Crippen LogP contribution in [0.5, 0.6) is 0 Å². The molecule has 2 aromatic heterocycles. The molecule has 0 bridgehead atoms. The van der Waals surface area contributed by atoms with Crippen molar-refractivity contribution in [1.82, 2.24) is 9.55 Å². The zero-order chi connectivity index (χ0) is 36.4. The molecule has 0 amide bonds. The van der Waals surface area contributed by atoms with Crippen molar-refractivity contribution in [2.24, 2.45) is 0 Å². The van der Waals surface area contributed by atoms with Crippen molar-refractivity contribution in [3.63, 3.8) is 0 Å². The summed E-state index contributed by atoms with van der Waals surface area (Å²) in [6, 6.07) is 64.7. The average molecular weight is 690 g/mol. The lowest BCUT2D eigenvalue weighted by Gasteiger charge is -2.21. The SMILES string of the molecule is CC1(C)c2ccccc2-c2cc3c(cc21)c1ccccc1n3-c1cc(-c2cccc(C#N)c2)cc(-c2cc(-c3ccccc3)cc(-c3ccccc3)n2)c1. The molecule has 9 aromatic rings. The summed E-state index contributed by atoms with van der Waals surface area (Å²) in [5.74, 6) is 0. The fourth-order valence-corrected chi connectivity index (χ4v) is 8.50. The third kappa shape index (κ3) is 5.07. The van der Waals surface area contributed by atoms with E-state index in [0.29, 0.717) is 5.56 Å². The maximum absolute atomic E-state index is 9.88. The molecule has 1 aliphatic carbocycles. The monoisotopic (exact) mass is 689 g/mol. The van der Waals surface area contributed by atoms with E-state index in [4.69, 9.17) is 4.98 Å². The van der Waals surface area contributed by atoms with Gasteiger partial charge in [-0.1, -0.05) is 129 Å². The van der Waals surface area contributed by atoms with Gasteiger partial charge in [-0.3, -0.25) is 0 Å². The van der Waals surface area contributed by atoms with E-state index in [0.717, 1.165) is 61.5 Å². The van der Waals surface area contributed by atoms with Crippen LogP contribution in [0.2, 0.25) is 0 Å². The Morgan fingerprint density at radius 2 is 1.11 bits per heavy atom. The molecule has 10 rings (SSSR count). The van der Waals surface area contributed by atoms with Crippen LogP contribution in [-0.2, 0) is 5.41 Å². The number of benzene rings is 7. The summed E-state index contributed by atoms with van der Waals surface area (Å²) in [6.07, 6.45) is 0. The Morgan fingerprint density at radius 3 is 1.91 bits per heavy atom. The van der Waals surface area contributed by atoms with E-state index < -0.39 is 0 Å². The van der Waals surface area contributed by atoms with E-state index >= 15 is 0 Å². The largest absolute Gasteiger partial charge is 0.309 e. The molecule has 3 nitrogen and oxygen atoms in total. The molecule has 0 aliphatic heterocycles. The van der Waals surface area contributed by atoms with Crippen LogP contribution in [0.1, 0.15) is 30.5 Å². The molecule has 0 N–H and O–H groups in total. The second-order valence-corrected chi connectivity index (χ2v) is 14.8. The van der Waals surface area contributed by atoms with Crippen LogP contribution < -0.4 is 0 Å². The highest BCUT2D eigenvalue weighted by Gasteiger charge is 2.36. The standard InChI is InChI=1S/C51H35N3/c1-51(2)45-22-11-9-20-41(45)43-31-50-44(30-46(43)51)42-21-10-12-23-49(42)54(50)40-26-37(36-19-13-14-33(24-36)32-52)25-39(27-40)48-29-38(34-15-5-3-6-16-34)28-47(53-48)35-17-7-4-8-18-35/h3-31H,1-2H3. The Hall–Kier alpha value is -7.02. The number of para-hydroxylation sites is 1. The van der Waals surface area contributed by atoms with E-state index in [9.17, 15) is 5.26 Å². The lowest BCUT2D eigenvalue weighted by molar-refractivity contribution is 0.661. The smallest absolute Gasteiger partial charge is 0.0991 e. The zero-order valence-electron chi connectivity index (χ0n) is 30.1. The van der Waals surface area contributed by atoms with Crippen LogP contribution in [0.4, 0.5) is 0 Å². The predicted molar refractivity (Wildman–Crippen MR) is 223 cm³/mol. The van der Waals surface area contributed by atoms with Gasteiger partial charge >= 0.3 is 0 Å². The lowest BCUT2D eigenvalue weighted by atomic mass is 9.82. The van der Waals surface area contributed by atoms with Crippen molar-refractivity contribution in [3.8, 4) is 67.7 Å². The molecule has 1 aliphatic rings. The Labute approximate surface area is 315 Å². The minimum atomic E-state index is -0.103. The summed E-state index contributed by atoms with van der Waals surface area (Å²) < 4.78 is 2.42. The van der Waals surface area contributed by atoms with Crippen LogP contribution in [0.3, 0.4) is 0 Å². The van der Waals surface area contributed by atoms with Crippen LogP contribution >= 0.6 is 0 Å². The first kappa shape index (κ1) is 31.7. The highest BCUT2D eigenvalue weighted by atomic mass is 15.0. The topological polar surface area (TPSA) is 41.6 Å². The predicted octanol–water partition coefficient (Wildman–Crippen LogP) is 13.0. The molecule has 7 aromatic carbocycles. The Balaban J connectivity index is 1.27. The highest BCUT2D eigenvalue weighted by molar-refractivity contribution is 6.11. The lowest BCUT2D eigenvalue weighted by Crippen LogP contribution is -2.14. The minimum absolute atomic E-state index is 0.103. The summed E-state index contributed by atoms with van der Waals surface area (Å²) in [5.41, 5.74) is 17.3. The van der Waals surface area contributed by atoms with Gasteiger partial charge in [0.15, 0.2) is 0 Å². The van der Waals surface area contributed by atoms with Gasteiger partial charge in [-0.2, -0.15) is 5.26 Å². The van der Waals surface area contributed by atoms with Gasteiger partial charge in [0.2, 0.25) is 0 Å². The van der Waals surface area contributed by atoms with E-state index in [2.05, 4.69) is 176 Å². The van der Waals surface area contributed by atoms with E-state index in [-0.39, 0.29) is 5.41 Å². The summed E-state index contributed by atoms with van der Waals surface area (Å²) in [4.78, 5) is 5.34. The van der Waals surface area contributed by atoms with Crippen LogP contribution in [-0.4, -0.2) is 9.55 Å². The number of hydrogen-bond acceptors (Lipinski definition) is 2. The van der Waals surface area contributed by atoms with Gasteiger partial charge in [0.25, 0.3) is 0 Å². The quantitative estimate of drug-likeness (QED) is 0.180. The van der Waals surface area contributed by atoms with E-state index in [1.54, 1.807) is 0 Å². The van der Waals surface area contributed by atoms with Crippen LogP contribution in [0.15, 0.2) is 176 Å². The number of aromatic nitrogens is 2. The third-order valence-electron chi connectivity index (χ3n) is 11.2. The molecule has 0 saturated heterocycles. The number of pyridine rings is 1. The van der Waals surface area contributed by atoms with E-state index in [1.807, 2.05) is 24.3 Å². The molecule has 0 spiro atoms. The number of fused-ring (bicyclic) bond motifs is 6. The highest BCUT2D eigenvalue weighted by Crippen LogP contribution is 2.51. The number of nitrogens with zero attached hydrogens (tertiary/aromatic N) is 3. The molecule has 0 saturated carbocycles. The van der Waals surface area contributed by atoms with Gasteiger partial charge in [-0.25, -0.2) is 4.98 Å². The van der Waals surface area contributed by atoms with Gasteiger partial charge in [-0.05, 0) is 105 Å². The fraction of sp³-hybridized carbons (Fsp3) is 0.0588. The maximum atomic E-state index is 9.88. The minimum Gasteiger partial charge on any atom is -0.309 e. The number of nitriles is 1. The third-order valence-corrected chi connectivity index (χ3v) is 11.2. The van der Waals surface area contributed by atoms with Gasteiger partial charge < -0.3 is 4.57 Å². The molecule has 0 fully saturated rings. The van der Waals surface area contributed by atoms with Crippen molar-refractivity contribution in [3.05, 3.63) is 193 Å². The average Bonchev–Trinajstić information content (AvgIpc) is 3.68. The van der Waals surface area contributed by atoms with Gasteiger partial charge in [0, 0.05) is 33.0 Å². The van der Waals surface area contributed by atoms with Crippen molar-refractivity contribution in [2.45, 2.75) is 19.3 Å². The normalized spacial score (nSPS) is 12.8. The summed E-state index contributed by atoms with van der Waals surface area (Å²) in [5, 5.41) is 12.3. The van der Waals surface area contributed by atoms with Crippen molar-refractivity contribution < 1.29 is 0 Å². The van der Waals surface area contributed by atoms with Crippen molar-refractivity contribution in [1.29, 1.82) is 5.26 Å². The Morgan fingerprint density at radius 1 is 0.463 bits per heavy atom. The second kappa shape index (κ2) is 12.3. The summed E-state index contributed by atoms with van der Waals surface area (Å²) in [7, 11) is 0.